The lowest BCUT2D eigenvalue weighted by atomic mass is 9.78. The van der Waals surface area contributed by atoms with Gasteiger partial charge in [0.05, 0.1) is 0 Å². The molecule has 0 aromatic heterocycles. The second kappa shape index (κ2) is 3.87. The Kier molecular flexibility index (Phi) is 2.44. The molecule has 0 amide bonds. The molecule has 1 aliphatic carbocycles. The van der Waals surface area contributed by atoms with Crippen LogP contribution in [0, 0.1) is 19.8 Å². The highest BCUT2D eigenvalue weighted by atomic mass is 16.4. The van der Waals surface area contributed by atoms with Gasteiger partial charge >= 0.3 is 5.97 Å². The van der Waals surface area contributed by atoms with E-state index in [0.717, 1.165) is 17.7 Å². The van der Waals surface area contributed by atoms with E-state index in [2.05, 4.69) is 36.5 Å². The molecule has 0 bridgehead atoms. The fourth-order valence-electron chi connectivity index (χ4n) is 3.32. The van der Waals surface area contributed by atoms with Gasteiger partial charge in [-0.25, -0.2) is 4.79 Å². The summed E-state index contributed by atoms with van der Waals surface area (Å²) in [5.41, 5.74) is 4.64. The molecular weight excluding hydrogens is 226 g/mol. The number of aliphatic carboxylic acids is 1. The predicted molar refractivity (Wildman–Crippen MR) is 71.0 cm³/mol. The first kappa shape index (κ1) is 11.3. The van der Waals surface area contributed by atoms with Crippen molar-refractivity contribution >= 4 is 11.7 Å². The van der Waals surface area contributed by atoms with Crippen LogP contribution in [0.25, 0.3) is 0 Å². The van der Waals surface area contributed by atoms with Gasteiger partial charge in [0.2, 0.25) is 0 Å². The Bertz CT molecular complexity index is 548. The minimum Gasteiger partial charge on any atom is -0.480 e. The molecule has 3 atom stereocenters. The standard InChI is InChI=1S/C15H17NO2/c1-8-6-9(2)13-12(7-8)10-4-3-5-11(10)14(16-13)15(17)18/h3-4,6-7,10-11,14,16H,5H2,1-2H3,(H,17,18)/t10-,11-,14+/m1/s1. The quantitative estimate of drug-likeness (QED) is 0.746. The van der Waals surface area contributed by atoms with Crippen molar-refractivity contribution in [2.24, 2.45) is 5.92 Å². The number of rotatable bonds is 1. The molecule has 1 heterocycles. The lowest BCUT2D eigenvalue weighted by molar-refractivity contribution is -0.139. The van der Waals surface area contributed by atoms with Gasteiger partial charge in [-0.3, -0.25) is 0 Å². The minimum atomic E-state index is -0.751. The molecule has 0 spiro atoms. The van der Waals surface area contributed by atoms with Crippen molar-refractivity contribution in [3.05, 3.63) is 41.0 Å². The van der Waals surface area contributed by atoms with E-state index >= 15 is 0 Å². The normalized spacial score (nSPS) is 28.4. The number of anilines is 1. The van der Waals surface area contributed by atoms with Gasteiger partial charge in [0, 0.05) is 17.5 Å². The van der Waals surface area contributed by atoms with Gasteiger partial charge in [-0.1, -0.05) is 29.8 Å². The predicted octanol–water partition coefficient (Wildman–Crippen LogP) is 2.84. The molecule has 1 aromatic rings. The third-order valence-electron chi connectivity index (χ3n) is 4.08. The van der Waals surface area contributed by atoms with Crippen molar-refractivity contribution in [3.8, 4) is 0 Å². The summed E-state index contributed by atoms with van der Waals surface area (Å²) in [5, 5.41) is 12.6. The average molecular weight is 243 g/mol. The summed E-state index contributed by atoms with van der Waals surface area (Å²) in [6, 6.07) is 3.81. The Balaban J connectivity index is 2.14. The van der Waals surface area contributed by atoms with Crippen LogP contribution in [0.1, 0.15) is 29.0 Å². The molecule has 18 heavy (non-hydrogen) atoms. The number of hydrogen-bond donors (Lipinski definition) is 2. The van der Waals surface area contributed by atoms with Gasteiger partial charge in [-0.2, -0.15) is 0 Å². The molecule has 0 radical (unpaired) electrons. The zero-order chi connectivity index (χ0) is 12.9. The Morgan fingerprint density at radius 1 is 1.39 bits per heavy atom. The highest BCUT2D eigenvalue weighted by Gasteiger charge is 2.41. The largest absolute Gasteiger partial charge is 0.480 e. The number of aryl methyl sites for hydroxylation is 2. The third kappa shape index (κ3) is 1.54. The summed E-state index contributed by atoms with van der Waals surface area (Å²) in [4.78, 5) is 11.4. The van der Waals surface area contributed by atoms with E-state index in [4.69, 9.17) is 0 Å². The van der Waals surface area contributed by atoms with Crippen molar-refractivity contribution in [1.29, 1.82) is 0 Å². The van der Waals surface area contributed by atoms with Gasteiger partial charge in [-0.15, -0.1) is 0 Å². The fraction of sp³-hybridized carbons (Fsp3) is 0.400. The zero-order valence-corrected chi connectivity index (χ0v) is 10.6. The molecule has 94 valence electrons. The number of benzene rings is 1. The summed E-state index contributed by atoms with van der Waals surface area (Å²) in [6.45, 7) is 4.13. The minimum absolute atomic E-state index is 0.149. The van der Waals surface area contributed by atoms with Gasteiger partial charge in [0.25, 0.3) is 0 Å². The van der Waals surface area contributed by atoms with E-state index in [-0.39, 0.29) is 11.8 Å². The highest BCUT2D eigenvalue weighted by molar-refractivity contribution is 5.81. The van der Waals surface area contributed by atoms with Gasteiger partial charge < -0.3 is 10.4 Å². The monoisotopic (exact) mass is 243 g/mol. The zero-order valence-electron chi connectivity index (χ0n) is 10.6. The van der Waals surface area contributed by atoms with Crippen molar-refractivity contribution < 1.29 is 9.90 Å². The molecule has 2 aliphatic rings. The maximum atomic E-state index is 11.4. The molecule has 1 aromatic carbocycles. The first-order valence-electron chi connectivity index (χ1n) is 6.35. The van der Waals surface area contributed by atoms with Crippen LogP contribution < -0.4 is 5.32 Å². The molecule has 0 unspecified atom stereocenters. The fourth-order valence-corrected chi connectivity index (χ4v) is 3.32. The SMILES string of the molecule is Cc1cc(C)c2c(c1)[C@@H]1C=CC[C@H]1[C@@H](C(=O)O)N2. The van der Waals surface area contributed by atoms with Crippen LogP contribution in [0.3, 0.4) is 0 Å². The summed E-state index contributed by atoms with van der Waals surface area (Å²) in [5.74, 6) is -0.350. The van der Waals surface area contributed by atoms with Crippen molar-refractivity contribution in [3.63, 3.8) is 0 Å². The summed E-state index contributed by atoms with van der Waals surface area (Å²) >= 11 is 0. The number of fused-ring (bicyclic) bond motifs is 3. The van der Waals surface area contributed by atoms with Gasteiger partial charge in [0.15, 0.2) is 0 Å². The molecule has 3 heteroatoms. The summed E-state index contributed by atoms with van der Waals surface area (Å²) in [7, 11) is 0. The van der Waals surface area contributed by atoms with E-state index < -0.39 is 12.0 Å². The Morgan fingerprint density at radius 2 is 2.17 bits per heavy atom. The van der Waals surface area contributed by atoms with Crippen LogP contribution in [0.5, 0.6) is 0 Å². The second-order valence-electron chi connectivity index (χ2n) is 5.36. The molecule has 0 saturated carbocycles. The number of carbonyl (C=O) groups is 1. The van der Waals surface area contributed by atoms with E-state index in [1.807, 2.05) is 6.92 Å². The maximum Gasteiger partial charge on any atom is 0.326 e. The molecular formula is C15H17NO2. The Labute approximate surface area is 107 Å². The lowest BCUT2D eigenvalue weighted by Crippen LogP contribution is -2.42. The average Bonchev–Trinajstić information content (AvgIpc) is 2.76. The van der Waals surface area contributed by atoms with E-state index in [1.54, 1.807) is 0 Å². The van der Waals surface area contributed by atoms with Crippen LogP contribution in [0.15, 0.2) is 24.3 Å². The van der Waals surface area contributed by atoms with E-state index in [9.17, 15) is 9.90 Å². The van der Waals surface area contributed by atoms with E-state index in [0.29, 0.717) is 0 Å². The van der Waals surface area contributed by atoms with Crippen LogP contribution in [0.4, 0.5) is 5.69 Å². The van der Waals surface area contributed by atoms with Crippen LogP contribution in [-0.2, 0) is 4.79 Å². The Hall–Kier alpha value is -1.77. The van der Waals surface area contributed by atoms with Gasteiger partial charge in [-0.05, 0) is 31.4 Å². The number of allylic oxidation sites excluding steroid dienone is 2. The van der Waals surface area contributed by atoms with Crippen molar-refractivity contribution in [2.45, 2.75) is 32.2 Å². The first-order chi connectivity index (χ1) is 8.58. The summed E-state index contributed by atoms with van der Waals surface area (Å²) in [6.07, 6.45) is 5.12. The van der Waals surface area contributed by atoms with Crippen molar-refractivity contribution in [2.75, 3.05) is 5.32 Å². The lowest BCUT2D eigenvalue weighted by Gasteiger charge is -2.35. The molecule has 3 nitrogen and oxygen atoms in total. The number of carboxylic acid groups (broad SMARTS) is 1. The van der Waals surface area contributed by atoms with E-state index in [1.165, 1.54) is 11.1 Å². The number of nitrogens with one attached hydrogen (secondary N) is 1. The molecule has 0 saturated heterocycles. The smallest absolute Gasteiger partial charge is 0.326 e. The summed E-state index contributed by atoms with van der Waals surface area (Å²) < 4.78 is 0. The molecule has 1 aliphatic heterocycles. The molecule has 2 N–H and O–H groups in total. The first-order valence-corrected chi connectivity index (χ1v) is 6.35. The van der Waals surface area contributed by atoms with Gasteiger partial charge in [0.1, 0.15) is 6.04 Å². The maximum absolute atomic E-state index is 11.4. The topological polar surface area (TPSA) is 49.3 Å². The number of hydrogen-bond acceptors (Lipinski definition) is 2. The second-order valence-corrected chi connectivity index (χ2v) is 5.36. The highest BCUT2D eigenvalue weighted by Crippen LogP contribution is 2.45. The van der Waals surface area contributed by atoms with Crippen LogP contribution in [-0.4, -0.2) is 17.1 Å². The van der Waals surface area contributed by atoms with Crippen molar-refractivity contribution in [1.82, 2.24) is 0 Å². The molecule has 0 fully saturated rings. The van der Waals surface area contributed by atoms with Crippen LogP contribution >= 0.6 is 0 Å². The molecule has 3 rings (SSSR count). The Morgan fingerprint density at radius 3 is 2.89 bits per heavy atom. The third-order valence-corrected chi connectivity index (χ3v) is 4.08. The van der Waals surface area contributed by atoms with Crippen LogP contribution in [0.2, 0.25) is 0 Å². The number of carboxylic acids is 1.